The quantitative estimate of drug-likeness (QED) is 0.218. The zero-order chi connectivity index (χ0) is 27.8. The number of nitro groups is 1. The second-order valence-electron chi connectivity index (χ2n) is 9.61. The number of carboxylic acids is 1. The van der Waals surface area contributed by atoms with E-state index >= 15 is 0 Å². The molecule has 0 saturated carbocycles. The third-order valence-electron chi connectivity index (χ3n) is 7.28. The Balaban J connectivity index is 1.18. The van der Waals surface area contributed by atoms with Crippen LogP contribution in [0, 0.1) is 17.0 Å². The third kappa shape index (κ3) is 5.23. The number of thioether (sulfide) groups is 1. The van der Waals surface area contributed by atoms with Crippen molar-refractivity contribution in [1.29, 1.82) is 0 Å². The van der Waals surface area contributed by atoms with E-state index in [0.717, 1.165) is 37.4 Å². The summed E-state index contributed by atoms with van der Waals surface area (Å²) in [6.45, 7) is 8.35. The van der Waals surface area contributed by atoms with E-state index in [4.69, 9.17) is 16.3 Å². The van der Waals surface area contributed by atoms with Gasteiger partial charge in [-0.2, -0.15) is 0 Å². The van der Waals surface area contributed by atoms with E-state index in [1.165, 1.54) is 22.5 Å². The summed E-state index contributed by atoms with van der Waals surface area (Å²) in [6, 6.07) is 5.62. The molecule has 2 atom stereocenters. The number of aromatic nitrogens is 3. The number of rotatable bonds is 10. The lowest BCUT2D eigenvalue weighted by Gasteiger charge is -2.37. The summed E-state index contributed by atoms with van der Waals surface area (Å²) >= 11 is 7.49. The van der Waals surface area contributed by atoms with Gasteiger partial charge in [0.2, 0.25) is 5.43 Å². The standard InChI is InChI=1S/C25H29ClN6O6S/c1-15-27-13-21(32(36)37)30(15)14-18(12-26)38-10-9-28-5-7-29(8-6-28)17-3-4-19-20(11-17)31-16(2)39-24(31)22(23(19)33)25(34)35/h3-4,11,13,16,18H,5-10,12,14H2,1-2H3,(H,34,35). The normalized spacial score (nSPS) is 18.1. The molecule has 2 aromatic heterocycles. The van der Waals surface area contributed by atoms with Crippen LogP contribution in [-0.2, 0) is 11.3 Å². The molecular formula is C25H29ClN6O6S. The molecule has 2 aliphatic rings. The summed E-state index contributed by atoms with van der Waals surface area (Å²) in [5.74, 6) is -0.516. The van der Waals surface area contributed by atoms with Gasteiger partial charge in [-0.05, 0) is 30.0 Å². The molecule has 2 unspecified atom stereocenters. The summed E-state index contributed by atoms with van der Waals surface area (Å²) < 4.78 is 9.41. The minimum absolute atomic E-state index is 0.0638. The molecule has 0 amide bonds. The number of aryl methyl sites for hydroxylation is 1. The molecule has 0 spiro atoms. The first kappa shape index (κ1) is 27.4. The van der Waals surface area contributed by atoms with Gasteiger partial charge in [-0.3, -0.25) is 9.69 Å². The van der Waals surface area contributed by atoms with Gasteiger partial charge in [-0.15, -0.1) is 11.6 Å². The molecule has 2 aliphatic heterocycles. The van der Waals surface area contributed by atoms with Crippen molar-refractivity contribution in [2.45, 2.75) is 36.9 Å². The van der Waals surface area contributed by atoms with Crippen LogP contribution in [0.3, 0.4) is 0 Å². The molecule has 12 nitrogen and oxygen atoms in total. The number of ether oxygens (including phenoxy) is 1. The largest absolute Gasteiger partial charge is 0.477 e. The number of alkyl halides is 1. The molecule has 1 saturated heterocycles. The van der Waals surface area contributed by atoms with Crippen LogP contribution in [-0.4, -0.2) is 86.3 Å². The number of pyridine rings is 1. The number of imidazole rings is 1. The fraction of sp³-hybridized carbons (Fsp3) is 0.480. The Bertz CT molecular complexity index is 1480. The maximum Gasteiger partial charge on any atom is 0.342 e. The highest BCUT2D eigenvalue weighted by Gasteiger charge is 2.33. The van der Waals surface area contributed by atoms with Gasteiger partial charge in [-0.25, -0.2) is 14.3 Å². The summed E-state index contributed by atoms with van der Waals surface area (Å²) in [5, 5.41) is 21.8. The first-order valence-electron chi connectivity index (χ1n) is 12.6. The summed E-state index contributed by atoms with van der Waals surface area (Å²) in [7, 11) is 0. The Morgan fingerprint density at radius 1 is 1.33 bits per heavy atom. The summed E-state index contributed by atoms with van der Waals surface area (Å²) in [5.41, 5.74) is 1.18. The Hall–Kier alpha value is -3.13. The molecule has 1 N–H and O–H groups in total. The van der Waals surface area contributed by atoms with Crippen molar-refractivity contribution in [2.24, 2.45) is 0 Å². The average molecular weight is 577 g/mol. The average Bonchev–Trinajstić information content (AvgIpc) is 3.27. The number of nitrogens with zero attached hydrogens (tertiary/aromatic N) is 6. The van der Waals surface area contributed by atoms with Gasteiger partial charge >= 0.3 is 11.8 Å². The van der Waals surface area contributed by atoms with E-state index in [1.807, 2.05) is 23.6 Å². The molecule has 0 aliphatic carbocycles. The highest BCUT2D eigenvalue weighted by atomic mass is 35.5. The van der Waals surface area contributed by atoms with Crippen LogP contribution < -0.4 is 10.3 Å². The van der Waals surface area contributed by atoms with E-state index in [-0.39, 0.29) is 35.3 Å². The second kappa shape index (κ2) is 11.2. The van der Waals surface area contributed by atoms with Crippen LogP contribution in [0.5, 0.6) is 0 Å². The van der Waals surface area contributed by atoms with Crippen molar-refractivity contribution in [3.05, 3.63) is 56.1 Å². The predicted octanol–water partition coefficient (Wildman–Crippen LogP) is 3.18. The molecule has 0 bridgehead atoms. The molecule has 5 rings (SSSR count). The monoisotopic (exact) mass is 576 g/mol. The van der Waals surface area contributed by atoms with Gasteiger partial charge in [0.1, 0.15) is 24.4 Å². The number of hydrogen-bond donors (Lipinski definition) is 1. The van der Waals surface area contributed by atoms with Crippen LogP contribution in [0.15, 0.2) is 34.2 Å². The number of halogens is 1. The Labute approximate surface area is 233 Å². The Kier molecular flexibility index (Phi) is 7.85. The van der Waals surface area contributed by atoms with Crippen LogP contribution in [0.2, 0.25) is 0 Å². The third-order valence-corrected chi connectivity index (χ3v) is 8.80. The minimum Gasteiger partial charge on any atom is -0.477 e. The number of fused-ring (bicyclic) bond motifs is 3. The molecular weight excluding hydrogens is 548 g/mol. The van der Waals surface area contributed by atoms with Crippen LogP contribution in [0.4, 0.5) is 11.5 Å². The molecule has 1 fully saturated rings. The zero-order valence-corrected chi connectivity index (χ0v) is 23.2. The van der Waals surface area contributed by atoms with Gasteiger partial charge in [0.25, 0.3) is 0 Å². The van der Waals surface area contributed by atoms with Gasteiger partial charge in [0.05, 0.1) is 28.4 Å². The molecule has 39 heavy (non-hydrogen) atoms. The smallest absolute Gasteiger partial charge is 0.342 e. The number of anilines is 1. The SMILES string of the molecule is Cc1ncc([N+](=O)[O-])n1CC(CCl)OCCN1CCN(c2ccc3c(=O)c(C(=O)O)c4n(c3c2)C(C)S4)CC1. The zero-order valence-electron chi connectivity index (χ0n) is 21.6. The molecule has 14 heteroatoms. The number of benzene rings is 1. The van der Waals surface area contributed by atoms with Gasteiger partial charge in [0.15, 0.2) is 5.82 Å². The van der Waals surface area contributed by atoms with Crippen molar-refractivity contribution in [1.82, 2.24) is 19.0 Å². The number of carbonyl (C=O) groups is 1. The summed E-state index contributed by atoms with van der Waals surface area (Å²) in [4.78, 5) is 43.9. The molecule has 3 aromatic rings. The molecule has 208 valence electrons. The van der Waals surface area contributed by atoms with Gasteiger partial charge in [-0.1, -0.05) is 11.8 Å². The van der Waals surface area contributed by atoms with Crippen molar-refractivity contribution < 1.29 is 19.6 Å². The number of hydrogen-bond acceptors (Lipinski definition) is 9. The number of piperazine rings is 1. The number of carboxylic acid groups (broad SMARTS) is 1. The topological polar surface area (TPSA) is 136 Å². The lowest BCUT2D eigenvalue weighted by Crippen LogP contribution is -2.47. The first-order chi connectivity index (χ1) is 18.7. The van der Waals surface area contributed by atoms with Crippen molar-refractivity contribution >= 4 is 51.7 Å². The Morgan fingerprint density at radius 3 is 2.72 bits per heavy atom. The molecule has 4 heterocycles. The van der Waals surface area contributed by atoms with Gasteiger partial charge < -0.3 is 29.4 Å². The molecule has 0 radical (unpaired) electrons. The fourth-order valence-electron chi connectivity index (χ4n) is 5.16. The van der Waals surface area contributed by atoms with E-state index in [9.17, 15) is 24.8 Å². The van der Waals surface area contributed by atoms with Crippen LogP contribution >= 0.6 is 23.4 Å². The van der Waals surface area contributed by atoms with E-state index in [0.29, 0.717) is 29.4 Å². The highest BCUT2D eigenvalue weighted by molar-refractivity contribution is 8.00. The number of aromatic carboxylic acids is 1. The van der Waals surface area contributed by atoms with Crippen molar-refractivity contribution in [2.75, 3.05) is 50.1 Å². The lowest BCUT2D eigenvalue weighted by molar-refractivity contribution is -0.392. The minimum atomic E-state index is -1.19. The predicted molar refractivity (Wildman–Crippen MR) is 148 cm³/mol. The van der Waals surface area contributed by atoms with Crippen LogP contribution in [0.1, 0.15) is 28.5 Å². The summed E-state index contributed by atoms with van der Waals surface area (Å²) in [6.07, 6.45) is 0.868. The fourth-order valence-corrected chi connectivity index (χ4v) is 6.50. The van der Waals surface area contributed by atoms with E-state index < -0.39 is 16.3 Å². The maximum atomic E-state index is 12.9. The maximum absolute atomic E-state index is 12.9. The van der Waals surface area contributed by atoms with Gasteiger partial charge in [0, 0.05) is 50.7 Å². The second-order valence-corrected chi connectivity index (χ2v) is 11.2. The van der Waals surface area contributed by atoms with E-state index in [2.05, 4.69) is 14.8 Å². The van der Waals surface area contributed by atoms with Crippen LogP contribution in [0.25, 0.3) is 10.9 Å². The van der Waals surface area contributed by atoms with E-state index in [1.54, 1.807) is 13.0 Å². The first-order valence-corrected chi connectivity index (χ1v) is 14.0. The van der Waals surface area contributed by atoms with Crippen molar-refractivity contribution in [3.63, 3.8) is 0 Å². The van der Waals surface area contributed by atoms with Crippen molar-refractivity contribution in [3.8, 4) is 0 Å². The molecule has 1 aromatic carbocycles. The Morgan fingerprint density at radius 2 is 2.08 bits per heavy atom. The lowest BCUT2D eigenvalue weighted by atomic mass is 10.1. The highest BCUT2D eigenvalue weighted by Crippen LogP contribution is 2.46.